The predicted octanol–water partition coefficient (Wildman–Crippen LogP) is 2.41. The van der Waals surface area contributed by atoms with Crippen LogP contribution in [-0.2, 0) is 0 Å². The maximum atomic E-state index is 10.6. The third-order valence-corrected chi connectivity index (χ3v) is 5.46. The highest BCUT2D eigenvalue weighted by atomic mass is 16.3. The molecule has 0 amide bonds. The van der Waals surface area contributed by atoms with E-state index in [-0.39, 0.29) is 12.0 Å². The van der Waals surface area contributed by atoms with Gasteiger partial charge in [-0.05, 0) is 45.1 Å². The SMILES string of the molecule is CC(C)C(C)(O)CN1CCCCC1C1CCCC1O. The molecule has 0 aromatic rings. The highest BCUT2D eigenvalue weighted by molar-refractivity contribution is 4.93. The van der Waals surface area contributed by atoms with Crippen LogP contribution in [0, 0.1) is 11.8 Å². The molecule has 2 N–H and O–H groups in total. The van der Waals surface area contributed by atoms with Gasteiger partial charge in [0.25, 0.3) is 0 Å². The highest BCUT2D eigenvalue weighted by Crippen LogP contribution is 2.36. The topological polar surface area (TPSA) is 43.7 Å². The van der Waals surface area contributed by atoms with E-state index in [9.17, 15) is 10.2 Å². The van der Waals surface area contributed by atoms with Gasteiger partial charge in [-0.15, -0.1) is 0 Å². The summed E-state index contributed by atoms with van der Waals surface area (Å²) in [5.74, 6) is 0.701. The Hall–Kier alpha value is -0.120. The zero-order chi connectivity index (χ0) is 14.0. The summed E-state index contributed by atoms with van der Waals surface area (Å²) in [6.45, 7) is 7.95. The second kappa shape index (κ2) is 6.11. The van der Waals surface area contributed by atoms with Crippen LogP contribution in [0.15, 0.2) is 0 Å². The van der Waals surface area contributed by atoms with Gasteiger partial charge in [0.1, 0.15) is 0 Å². The zero-order valence-electron chi connectivity index (χ0n) is 12.8. The van der Waals surface area contributed by atoms with E-state index in [1.807, 2.05) is 6.92 Å². The number of hydrogen-bond donors (Lipinski definition) is 2. The van der Waals surface area contributed by atoms with Gasteiger partial charge in [0, 0.05) is 18.5 Å². The number of aliphatic hydroxyl groups is 2. The van der Waals surface area contributed by atoms with Crippen LogP contribution in [0.25, 0.3) is 0 Å². The lowest BCUT2D eigenvalue weighted by molar-refractivity contribution is -0.0530. The molecule has 1 aliphatic heterocycles. The third kappa shape index (κ3) is 3.50. The minimum Gasteiger partial charge on any atom is -0.393 e. The standard InChI is InChI=1S/C16H31NO2/c1-12(2)16(3,19)11-17-10-5-4-8-14(17)13-7-6-9-15(13)18/h12-15,18-19H,4-11H2,1-3H3. The van der Waals surface area contributed by atoms with Gasteiger partial charge in [-0.3, -0.25) is 4.90 Å². The number of aliphatic hydroxyl groups excluding tert-OH is 1. The van der Waals surface area contributed by atoms with Crippen LogP contribution in [0.3, 0.4) is 0 Å². The summed E-state index contributed by atoms with van der Waals surface area (Å²) < 4.78 is 0. The average Bonchev–Trinajstić information content (AvgIpc) is 2.75. The predicted molar refractivity (Wildman–Crippen MR) is 78.0 cm³/mol. The van der Waals surface area contributed by atoms with Crippen LogP contribution in [-0.4, -0.2) is 45.9 Å². The van der Waals surface area contributed by atoms with Crippen LogP contribution < -0.4 is 0 Å². The molecule has 4 unspecified atom stereocenters. The number of piperidine rings is 1. The Bertz CT molecular complexity index is 290. The van der Waals surface area contributed by atoms with Gasteiger partial charge < -0.3 is 10.2 Å². The summed E-state index contributed by atoms with van der Waals surface area (Å²) in [5.41, 5.74) is -0.626. The second-order valence-electron chi connectivity index (χ2n) is 7.21. The fraction of sp³-hybridized carbons (Fsp3) is 1.00. The first kappa shape index (κ1) is 15.3. The van der Waals surface area contributed by atoms with Gasteiger partial charge in [-0.2, -0.15) is 0 Å². The number of β-amino-alcohol motifs (C(OH)–C–C–N with tert-alkyl or cyclic N) is 1. The molecule has 1 saturated carbocycles. The molecule has 2 fully saturated rings. The molecule has 0 spiro atoms. The maximum Gasteiger partial charge on any atom is 0.0768 e. The Morgan fingerprint density at radius 3 is 2.47 bits per heavy atom. The second-order valence-corrected chi connectivity index (χ2v) is 7.21. The lowest BCUT2D eigenvalue weighted by Crippen LogP contribution is -2.53. The first-order valence-corrected chi connectivity index (χ1v) is 8.06. The molecule has 112 valence electrons. The van der Waals surface area contributed by atoms with Gasteiger partial charge >= 0.3 is 0 Å². The summed E-state index contributed by atoms with van der Waals surface area (Å²) in [4.78, 5) is 2.46. The minimum atomic E-state index is -0.626. The van der Waals surface area contributed by atoms with Crippen molar-refractivity contribution in [3.63, 3.8) is 0 Å². The van der Waals surface area contributed by atoms with Crippen molar-refractivity contribution < 1.29 is 10.2 Å². The summed E-state index contributed by atoms with van der Waals surface area (Å²) in [7, 11) is 0. The molecule has 0 bridgehead atoms. The van der Waals surface area contributed by atoms with Crippen molar-refractivity contribution in [2.24, 2.45) is 11.8 Å². The van der Waals surface area contributed by atoms with E-state index in [0.717, 1.165) is 32.4 Å². The zero-order valence-corrected chi connectivity index (χ0v) is 12.8. The van der Waals surface area contributed by atoms with Crippen LogP contribution >= 0.6 is 0 Å². The van der Waals surface area contributed by atoms with E-state index in [1.165, 1.54) is 19.3 Å². The molecule has 4 atom stereocenters. The molecular weight excluding hydrogens is 238 g/mol. The first-order chi connectivity index (χ1) is 8.92. The van der Waals surface area contributed by atoms with Crippen molar-refractivity contribution in [2.45, 2.75) is 77.0 Å². The van der Waals surface area contributed by atoms with E-state index in [4.69, 9.17) is 0 Å². The molecule has 3 nitrogen and oxygen atoms in total. The van der Waals surface area contributed by atoms with Crippen molar-refractivity contribution in [1.29, 1.82) is 0 Å². The van der Waals surface area contributed by atoms with Gasteiger partial charge in [-0.1, -0.05) is 26.7 Å². The van der Waals surface area contributed by atoms with E-state index in [0.29, 0.717) is 12.0 Å². The van der Waals surface area contributed by atoms with E-state index in [2.05, 4.69) is 18.7 Å². The van der Waals surface area contributed by atoms with Gasteiger partial charge in [0.2, 0.25) is 0 Å². The number of nitrogens with zero attached hydrogens (tertiary/aromatic N) is 1. The quantitative estimate of drug-likeness (QED) is 0.823. The molecule has 2 rings (SSSR count). The van der Waals surface area contributed by atoms with Crippen molar-refractivity contribution in [3.05, 3.63) is 0 Å². The molecule has 1 aliphatic carbocycles. The van der Waals surface area contributed by atoms with Crippen molar-refractivity contribution in [1.82, 2.24) is 4.90 Å². The fourth-order valence-corrected chi connectivity index (χ4v) is 3.71. The highest BCUT2D eigenvalue weighted by Gasteiger charge is 2.39. The maximum absolute atomic E-state index is 10.6. The first-order valence-electron chi connectivity index (χ1n) is 8.06. The fourth-order valence-electron chi connectivity index (χ4n) is 3.71. The van der Waals surface area contributed by atoms with Gasteiger partial charge in [-0.25, -0.2) is 0 Å². The molecule has 19 heavy (non-hydrogen) atoms. The smallest absolute Gasteiger partial charge is 0.0768 e. The van der Waals surface area contributed by atoms with E-state index in [1.54, 1.807) is 0 Å². The van der Waals surface area contributed by atoms with Gasteiger partial charge in [0.15, 0.2) is 0 Å². The molecule has 2 aliphatic rings. The molecule has 0 radical (unpaired) electrons. The van der Waals surface area contributed by atoms with Crippen molar-refractivity contribution >= 4 is 0 Å². The normalized spacial score (nSPS) is 36.6. The summed E-state index contributed by atoms with van der Waals surface area (Å²) in [6, 6.07) is 0.483. The monoisotopic (exact) mass is 269 g/mol. The summed E-state index contributed by atoms with van der Waals surface area (Å²) in [6.07, 6.45) is 6.87. The summed E-state index contributed by atoms with van der Waals surface area (Å²) in [5, 5.41) is 20.7. The third-order valence-electron chi connectivity index (χ3n) is 5.46. The van der Waals surface area contributed by atoms with Crippen molar-refractivity contribution in [3.8, 4) is 0 Å². The van der Waals surface area contributed by atoms with Crippen molar-refractivity contribution in [2.75, 3.05) is 13.1 Å². The lowest BCUT2D eigenvalue weighted by Gasteiger charge is -2.44. The molecule has 1 saturated heterocycles. The Morgan fingerprint density at radius 2 is 1.89 bits per heavy atom. The Labute approximate surface area is 118 Å². The van der Waals surface area contributed by atoms with E-state index < -0.39 is 5.60 Å². The summed E-state index contributed by atoms with van der Waals surface area (Å²) >= 11 is 0. The number of likely N-dealkylation sites (tertiary alicyclic amines) is 1. The molecular formula is C16H31NO2. The van der Waals surface area contributed by atoms with Crippen LogP contribution in [0.2, 0.25) is 0 Å². The Balaban J connectivity index is 2.03. The molecule has 0 aromatic heterocycles. The molecule has 3 heteroatoms. The minimum absolute atomic E-state index is 0.116. The lowest BCUT2D eigenvalue weighted by atomic mass is 9.85. The van der Waals surface area contributed by atoms with E-state index >= 15 is 0 Å². The number of hydrogen-bond acceptors (Lipinski definition) is 3. The molecule has 1 heterocycles. The largest absolute Gasteiger partial charge is 0.393 e. The van der Waals surface area contributed by atoms with Crippen LogP contribution in [0.1, 0.15) is 59.3 Å². The average molecular weight is 269 g/mol. The number of rotatable bonds is 4. The molecule has 0 aromatic carbocycles. The van der Waals surface area contributed by atoms with Crippen LogP contribution in [0.4, 0.5) is 0 Å². The Kier molecular flexibility index (Phi) is 4.91. The Morgan fingerprint density at radius 1 is 1.16 bits per heavy atom. The van der Waals surface area contributed by atoms with Crippen LogP contribution in [0.5, 0.6) is 0 Å². The van der Waals surface area contributed by atoms with Gasteiger partial charge in [0.05, 0.1) is 11.7 Å².